The van der Waals surface area contributed by atoms with E-state index in [0.29, 0.717) is 44.2 Å². The summed E-state index contributed by atoms with van der Waals surface area (Å²) in [4.78, 5) is 27.6. The lowest BCUT2D eigenvalue weighted by molar-refractivity contribution is 0.0699. The minimum absolute atomic E-state index is 0.0877. The Labute approximate surface area is 191 Å². The molecule has 2 aromatic heterocycles. The number of ether oxygens (including phenoxy) is 1. The number of nitrogens with zero attached hydrogens (tertiary/aromatic N) is 6. The molecule has 1 aliphatic rings. The van der Waals surface area contributed by atoms with Crippen molar-refractivity contribution in [2.24, 2.45) is 7.05 Å². The molecule has 0 unspecified atom stereocenters. The van der Waals surface area contributed by atoms with Crippen molar-refractivity contribution in [1.29, 1.82) is 0 Å². The first-order chi connectivity index (χ1) is 15.9. The molecule has 0 spiro atoms. The smallest absolute Gasteiger partial charge is 0.345 e. The molecule has 1 aromatic carbocycles. The fourth-order valence-electron chi connectivity index (χ4n) is 4.31. The van der Waals surface area contributed by atoms with Crippen LogP contribution in [0.3, 0.4) is 0 Å². The van der Waals surface area contributed by atoms with Crippen molar-refractivity contribution in [2.45, 2.75) is 38.8 Å². The standard InChI is InChI=1S/C23H29FN6O3/c1-4-29-21(26-30(23(29)32)13-14-33-3)17-9-11-28(12-10-17)22(31)20-15-19(25-27(20)2)16-5-7-18(24)8-6-16/h5-8,15,17H,4,9-14H2,1-3H3. The maximum atomic E-state index is 13.2. The number of rotatable bonds is 7. The quantitative estimate of drug-likeness (QED) is 0.544. The Morgan fingerprint density at radius 1 is 1.18 bits per heavy atom. The summed E-state index contributed by atoms with van der Waals surface area (Å²) < 4.78 is 23.1. The van der Waals surface area contributed by atoms with Crippen molar-refractivity contribution >= 4 is 5.91 Å². The highest BCUT2D eigenvalue weighted by atomic mass is 19.1. The number of piperidine rings is 1. The zero-order chi connectivity index (χ0) is 23.5. The zero-order valence-corrected chi connectivity index (χ0v) is 19.2. The van der Waals surface area contributed by atoms with Crippen molar-refractivity contribution < 1.29 is 13.9 Å². The maximum Gasteiger partial charge on any atom is 0.345 e. The van der Waals surface area contributed by atoms with E-state index in [4.69, 9.17) is 4.74 Å². The number of carbonyl (C=O) groups excluding carboxylic acids is 1. The fourth-order valence-corrected chi connectivity index (χ4v) is 4.31. The van der Waals surface area contributed by atoms with Gasteiger partial charge in [-0.15, -0.1) is 0 Å². The topological polar surface area (TPSA) is 87.2 Å². The first-order valence-electron chi connectivity index (χ1n) is 11.2. The largest absolute Gasteiger partial charge is 0.383 e. The Kier molecular flexibility index (Phi) is 6.73. The van der Waals surface area contributed by atoms with Gasteiger partial charge in [0.2, 0.25) is 0 Å². The van der Waals surface area contributed by atoms with Gasteiger partial charge in [0.1, 0.15) is 17.3 Å². The van der Waals surface area contributed by atoms with Crippen LogP contribution < -0.4 is 5.69 Å². The summed E-state index contributed by atoms with van der Waals surface area (Å²) in [5.41, 5.74) is 1.75. The Morgan fingerprint density at radius 3 is 2.52 bits per heavy atom. The van der Waals surface area contributed by atoms with Crippen LogP contribution in [-0.4, -0.2) is 61.7 Å². The molecule has 10 heteroatoms. The van der Waals surface area contributed by atoms with E-state index in [1.165, 1.54) is 16.8 Å². The molecule has 1 fully saturated rings. The minimum Gasteiger partial charge on any atom is -0.383 e. The first kappa shape index (κ1) is 22.9. The maximum absolute atomic E-state index is 13.2. The van der Waals surface area contributed by atoms with Crippen LogP contribution in [0.5, 0.6) is 0 Å². The van der Waals surface area contributed by atoms with E-state index in [9.17, 15) is 14.0 Å². The molecule has 4 rings (SSSR count). The summed E-state index contributed by atoms with van der Waals surface area (Å²) in [5, 5.41) is 9.00. The number of benzene rings is 1. The summed E-state index contributed by atoms with van der Waals surface area (Å²) in [6.45, 7) is 4.49. The van der Waals surface area contributed by atoms with Gasteiger partial charge in [-0.05, 0) is 50.1 Å². The molecule has 1 saturated heterocycles. The van der Waals surface area contributed by atoms with E-state index in [2.05, 4.69) is 10.2 Å². The van der Waals surface area contributed by atoms with Crippen LogP contribution >= 0.6 is 0 Å². The highest BCUT2D eigenvalue weighted by molar-refractivity contribution is 5.93. The lowest BCUT2D eigenvalue weighted by atomic mass is 9.95. The molecule has 0 bridgehead atoms. The van der Waals surface area contributed by atoms with Gasteiger partial charge < -0.3 is 9.64 Å². The Balaban J connectivity index is 1.46. The number of aryl methyl sites for hydroxylation is 1. The van der Waals surface area contributed by atoms with Gasteiger partial charge in [0.05, 0.1) is 18.8 Å². The first-order valence-corrected chi connectivity index (χ1v) is 11.2. The monoisotopic (exact) mass is 456 g/mol. The van der Waals surface area contributed by atoms with Gasteiger partial charge in [-0.2, -0.15) is 10.2 Å². The van der Waals surface area contributed by atoms with Crippen molar-refractivity contribution in [1.82, 2.24) is 29.0 Å². The van der Waals surface area contributed by atoms with Crippen LogP contribution in [0.25, 0.3) is 11.3 Å². The van der Waals surface area contributed by atoms with Gasteiger partial charge in [0, 0.05) is 45.3 Å². The molecule has 33 heavy (non-hydrogen) atoms. The van der Waals surface area contributed by atoms with Gasteiger partial charge in [-0.1, -0.05) is 0 Å². The Hall–Kier alpha value is -3.27. The van der Waals surface area contributed by atoms with Gasteiger partial charge in [-0.25, -0.2) is 13.9 Å². The number of halogens is 1. The van der Waals surface area contributed by atoms with Crippen molar-refractivity contribution in [3.8, 4) is 11.3 Å². The van der Waals surface area contributed by atoms with Crippen LogP contribution in [0.4, 0.5) is 4.39 Å². The zero-order valence-electron chi connectivity index (χ0n) is 19.2. The third-order valence-electron chi connectivity index (χ3n) is 6.16. The molecule has 0 aliphatic carbocycles. The van der Waals surface area contributed by atoms with Crippen molar-refractivity contribution in [3.63, 3.8) is 0 Å². The molecule has 0 saturated carbocycles. The van der Waals surface area contributed by atoms with Gasteiger partial charge in [0.25, 0.3) is 5.91 Å². The van der Waals surface area contributed by atoms with E-state index >= 15 is 0 Å². The lowest BCUT2D eigenvalue weighted by Gasteiger charge is -2.31. The van der Waals surface area contributed by atoms with E-state index in [1.807, 2.05) is 11.8 Å². The van der Waals surface area contributed by atoms with E-state index in [0.717, 1.165) is 24.2 Å². The van der Waals surface area contributed by atoms with Gasteiger partial charge in [-0.3, -0.25) is 14.0 Å². The molecule has 0 radical (unpaired) electrons. The Morgan fingerprint density at radius 2 is 1.88 bits per heavy atom. The van der Waals surface area contributed by atoms with E-state index in [-0.39, 0.29) is 23.3 Å². The van der Waals surface area contributed by atoms with Crippen LogP contribution in [0.1, 0.15) is 42.0 Å². The average Bonchev–Trinajstić information content (AvgIpc) is 3.37. The number of hydrogen-bond acceptors (Lipinski definition) is 5. The average molecular weight is 457 g/mol. The number of methoxy groups -OCH3 is 1. The van der Waals surface area contributed by atoms with Crippen molar-refractivity contribution in [2.75, 3.05) is 26.8 Å². The molecule has 3 heterocycles. The SMILES string of the molecule is CCn1c(C2CCN(C(=O)c3cc(-c4ccc(F)cc4)nn3C)CC2)nn(CCOC)c1=O. The van der Waals surface area contributed by atoms with E-state index < -0.39 is 0 Å². The minimum atomic E-state index is -0.314. The summed E-state index contributed by atoms with van der Waals surface area (Å²) >= 11 is 0. The van der Waals surface area contributed by atoms with Gasteiger partial charge in [0.15, 0.2) is 0 Å². The highest BCUT2D eigenvalue weighted by Crippen LogP contribution is 2.28. The van der Waals surface area contributed by atoms with Crippen LogP contribution in [0.2, 0.25) is 0 Å². The van der Waals surface area contributed by atoms with Crippen LogP contribution in [0.15, 0.2) is 35.1 Å². The summed E-state index contributed by atoms with van der Waals surface area (Å²) in [7, 11) is 3.33. The third kappa shape index (κ3) is 4.61. The summed E-state index contributed by atoms with van der Waals surface area (Å²) in [5.74, 6) is 0.498. The second-order valence-corrected chi connectivity index (χ2v) is 8.21. The second kappa shape index (κ2) is 9.70. The fraction of sp³-hybridized carbons (Fsp3) is 0.478. The highest BCUT2D eigenvalue weighted by Gasteiger charge is 2.30. The number of aromatic nitrogens is 5. The summed E-state index contributed by atoms with van der Waals surface area (Å²) in [6, 6.07) is 7.80. The molecule has 1 amide bonds. The Bertz CT molecular complexity index is 1170. The van der Waals surface area contributed by atoms with Crippen LogP contribution in [-0.2, 0) is 24.9 Å². The third-order valence-corrected chi connectivity index (χ3v) is 6.16. The molecular formula is C23H29FN6O3. The number of amides is 1. The predicted octanol–water partition coefficient (Wildman–Crippen LogP) is 2.27. The van der Waals surface area contributed by atoms with Crippen molar-refractivity contribution in [3.05, 3.63) is 58.2 Å². The molecule has 0 N–H and O–H groups in total. The molecule has 176 valence electrons. The number of carbonyl (C=O) groups is 1. The molecular weight excluding hydrogens is 427 g/mol. The second-order valence-electron chi connectivity index (χ2n) is 8.21. The summed E-state index contributed by atoms with van der Waals surface area (Å²) in [6.07, 6.45) is 1.46. The molecule has 3 aromatic rings. The molecule has 0 atom stereocenters. The number of likely N-dealkylation sites (tertiary alicyclic amines) is 1. The number of hydrogen-bond donors (Lipinski definition) is 0. The van der Waals surface area contributed by atoms with E-state index in [1.54, 1.807) is 41.6 Å². The molecule has 9 nitrogen and oxygen atoms in total. The molecule has 1 aliphatic heterocycles. The normalized spacial score (nSPS) is 14.7. The van der Waals surface area contributed by atoms with Gasteiger partial charge >= 0.3 is 5.69 Å². The lowest BCUT2D eigenvalue weighted by Crippen LogP contribution is -2.39. The van der Waals surface area contributed by atoms with Crippen LogP contribution in [0, 0.1) is 5.82 Å². The predicted molar refractivity (Wildman–Crippen MR) is 121 cm³/mol.